The number of carbonyl (C=O) groups is 1. The molecule has 0 unspecified atom stereocenters. The highest BCUT2D eigenvalue weighted by molar-refractivity contribution is 6.13. The van der Waals surface area contributed by atoms with Crippen molar-refractivity contribution in [3.8, 4) is 11.3 Å². The van der Waals surface area contributed by atoms with Crippen molar-refractivity contribution in [2.75, 3.05) is 5.32 Å². The van der Waals surface area contributed by atoms with Crippen LogP contribution in [0.3, 0.4) is 0 Å². The molecule has 0 bridgehead atoms. The zero-order chi connectivity index (χ0) is 20.5. The van der Waals surface area contributed by atoms with Crippen molar-refractivity contribution in [1.29, 1.82) is 0 Å². The van der Waals surface area contributed by atoms with Crippen LogP contribution in [0.15, 0.2) is 66.7 Å². The summed E-state index contributed by atoms with van der Waals surface area (Å²) in [6.07, 6.45) is 0. The molecule has 1 aromatic heterocycles. The van der Waals surface area contributed by atoms with Gasteiger partial charge in [-0.25, -0.2) is 4.98 Å². The molecule has 1 heterocycles. The van der Waals surface area contributed by atoms with Gasteiger partial charge in [0.1, 0.15) is 0 Å². The van der Waals surface area contributed by atoms with E-state index in [9.17, 15) is 4.79 Å². The Morgan fingerprint density at radius 1 is 0.793 bits per heavy atom. The quantitative estimate of drug-likeness (QED) is 0.447. The minimum absolute atomic E-state index is 0.124. The van der Waals surface area contributed by atoms with E-state index in [4.69, 9.17) is 4.98 Å². The average molecular weight is 380 g/mol. The molecule has 0 spiro atoms. The van der Waals surface area contributed by atoms with Gasteiger partial charge in [0.15, 0.2) is 0 Å². The van der Waals surface area contributed by atoms with Crippen molar-refractivity contribution in [2.24, 2.45) is 0 Å². The zero-order valence-corrected chi connectivity index (χ0v) is 17.2. The van der Waals surface area contributed by atoms with E-state index in [-0.39, 0.29) is 5.91 Å². The maximum Gasteiger partial charge on any atom is 0.256 e. The van der Waals surface area contributed by atoms with E-state index in [1.165, 1.54) is 5.56 Å². The predicted molar refractivity (Wildman–Crippen MR) is 121 cm³/mol. The Kier molecular flexibility index (Phi) is 4.89. The summed E-state index contributed by atoms with van der Waals surface area (Å²) in [7, 11) is 0. The Labute approximate surface area is 171 Å². The summed E-state index contributed by atoms with van der Waals surface area (Å²) in [5.41, 5.74) is 8.58. The van der Waals surface area contributed by atoms with Crippen molar-refractivity contribution in [1.82, 2.24) is 4.98 Å². The van der Waals surface area contributed by atoms with Crippen LogP contribution in [0.1, 0.15) is 32.6 Å². The van der Waals surface area contributed by atoms with E-state index in [1.54, 1.807) is 0 Å². The monoisotopic (exact) mass is 380 g/mol. The zero-order valence-electron chi connectivity index (χ0n) is 17.2. The molecule has 3 aromatic carbocycles. The molecule has 3 heteroatoms. The third-order valence-electron chi connectivity index (χ3n) is 5.12. The molecule has 0 saturated carbocycles. The van der Waals surface area contributed by atoms with Gasteiger partial charge >= 0.3 is 0 Å². The van der Waals surface area contributed by atoms with Crippen LogP contribution in [0.25, 0.3) is 22.2 Å². The molecular formula is C26H24N2O. The molecular weight excluding hydrogens is 356 g/mol. The van der Waals surface area contributed by atoms with Crippen LogP contribution in [0.2, 0.25) is 0 Å². The third kappa shape index (κ3) is 3.90. The number of hydrogen-bond donors (Lipinski definition) is 1. The lowest BCUT2D eigenvalue weighted by Gasteiger charge is -2.13. The van der Waals surface area contributed by atoms with Gasteiger partial charge in [0.25, 0.3) is 5.91 Å². The maximum absolute atomic E-state index is 13.3. The number of nitrogens with one attached hydrogen (secondary N) is 1. The largest absolute Gasteiger partial charge is 0.322 e. The van der Waals surface area contributed by atoms with Gasteiger partial charge in [-0.3, -0.25) is 4.79 Å². The molecule has 0 saturated heterocycles. The van der Waals surface area contributed by atoms with Gasteiger partial charge in [-0.2, -0.15) is 0 Å². The number of hydrogen-bond acceptors (Lipinski definition) is 2. The van der Waals surface area contributed by atoms with E-state index in [0.29, 0.717) is 5.56 Å². The highest BCUT2D eigenvalue weighted by Gasteiger charge is 2.16. The molecule has 29 heavy (non-hydrogen) atoms. The molecule has 0 aliphatic rings. The molecule has 0 aliphatic carbocycles. The Morgan fingerprint density at radius 3 is 2.28 bits per heavy atom. The maximum atomic E-state index is 13.3. The minimum Gasteiger partial charge on any atom is -0.322 e. The minimum atomic E-state index is -0.124. The average Bonchev–Trinajstić information content (AvgIpc) is 2.68. The summed E-state index contributed by atoms with van der Waals surface area (Å²) in [6, 6.07) is 22.1. The molecule has 0 atom stereocenters. The lowest BCUT2D eigenvalue weighted by atomic mass is 9.99. The Bertz CT molecular complexity index is 1220. The van der Waals surface area contributed by atoms with Gasteiger partial charge in [0.2, 0.25) is 0 Å². The third-order valence-corrected chi connectivity index (χ3v) is 5.12. The first-order valence-electron chi connectivity index (χ1n) is 9.78. The Hall–Kier alpha value is -3.46. The number of amides is 1. The molecule has 0 aliphatic heterocycles. The second kappa shape index (κ2) is 7.51. The lowest BCUT2D eigenvalue weighted by molar-refractivity contribution is 0.102. The van der Waals surface area contributed by atoms with Gasteiger partial charge in [-0.05, 0) is 63.1 Å². The molecule has 3 nitrogen and oxygen atoms in total. The normalized spacial score (nSPS) is 10.9. The van der Waals surface area contributed by atoms with Gasteiger partial charge in [0, 0.05) is 16.6 Å². The van der Waals surface area contributed by atoms with E-state index >= 15 is 0 Å². The molecule has 144 valence electrons. The first-order valence-corrected chi connectivity index (χ1v) is 9.78. The smallest absolute Gasteiger partial charge is 0.256 e. The predicted octanol–water partition coefficient (Wildman–Crippen LogP) is 6.39. The van der Waals surface area contributed by atoms with Crippen molar-refractivity contribution in [3.63, 3.8) is 0 Å². The second-order valence-corrected chi connectivity index (χ2v) is 7.72. The molecule has 1 amide bonds. The highest BCUT2D eigenvalue weighted by atomic mass is 16.1. The Morgan fingerprint density at radius 2 is 1.55 bits per heavy atom. The number of rotatable bonds is 3. The number of nitrogens with zero attached hydrogens (tertiary/aromatic N) is 1. The van der Waals surface area contributed by atoms with Crippen molar-refractivity contribution in [2.45, 2.75) is 27.7 Å². The molecule has 4 aromatic rings. The fourth-order valence-electron chi connectivity index (χ4n) is 3.66. The highest BCUT2D eigenvalue weighted by Crippen LogP contribution is 2.29. The van der Waals surface area contributed by atoms with E-state index in [2.05, 4.69) is 42.6 Å². The van der Waals surface area contributed by atoms with Gasteiger partial charge in [-0.1, -0.05) is 53.6 Å². The number of pyridine rings is 1. The topological polar surface area (TPSA) is 42.0 Å². The number of aryl methyl sites for hydroxylation is 4. The number of aromatic nitrogens is 1. The summed E-state index contributed by atoms with van der Waals surface area (Å²) in [5, 5.41) is 3.93. The van der Waals surface area contributed by atoms with Crippen molar-refractivity contribution < 1.29 is 4.79 Å². The van der Waals surface area contributed by atoms with Crippen LogP contribution < -0.4 is 5.32 Å². The summed E-state index contributed by atoms with van der Waals surface area (Å²) < 4.78 is 0. The number of carbonyl (C=O) groups excluding carboxylic acids is 1. The molecule has 0 fully saturated rings. The Balaban J connectivity index is 1.88. The van der Waals surface area contributed by atoms with Crippen LogP contribution in [0, 0.1) is 27.7 Å². The molecule has 4 rings (SSSR count). The van der Waals surface area contributed by atoms with E-state index in [0.717, 1.165) is 44.5 Å². The van der Waals surface area contributed by atoms with Crippen LogP contribution in [0.5, 0.6) is 0 Å². The fraction of sp³-hybridized carbons (Fsp3) is 0.154. The molecule has 1 N–H and O–H groups in total. The summed E-state index contributed by atoms with van der Waals surface area (Å²) >= 11 is 0. The van der Waals surface area contributed by atoms with Gasteiger partial charge in [0.05, 0.1) is 16.8 Å². The first-order chi connectivity index (χ1) is 13.9. The summed E-state index contributed by atoms with van der Waals surface area (Å²) in [5.74, 6) is -0.124. The SMILES string of the molecule is Cc1ccc(-c2cc(C(=O)Nc3cccc(C)c3)c3cc(C)cc(C)c3n2)cc1. The van der Waals surface area contributed by atoms with E-state index in [1.807, 2.05) is 57.2 Å². The van der Waals surface area contributed by atoms with Crippen LogP contribution >= 0.6 is 0 Å². The summed E-state index contributed by atoms with van der Waals surface area (Å²) in [6.45, 7) is 8.16. The first kappa shape index (κ1) is 18.9. The number of fused-ring (bicyclic) bond motifs is 1. The van der Waals surface area contributed by atoms with Crippen LogP contribution in [0.4, 0.5) is 5.69 Å². The van der Waals surface area contributed by atoms with Crippen LogP contribution in [-0.4, -0.2) is 10.9 Å². The van der Waals surface area contributed by atoms with Gasteiger partial charge in [-0.15, -0.1) is 0 Å². The van der Waals surface area contributed by atoms with Gasteiger partial charge < -0.3 is 5.32 Å². The number of anilines is 1. The summed E-state index contributed by atoms with van der Waals surface area (Å²) in [4.78, 5) is 18.2. The van der Waals surface area contributed by atoms with Crippen LogP contribution in [-0.2, 0) is 0 Å². The molecule has 0 radical (unpaired) electrons. The van der Waals surface area contributed by atoms with E-state index < -0.39 is 0 Å². The lowest BCUT2D eigenvalue weighted by Crippen LogP contribution is -2.13. The van der Waals surface area contributed by atoms with Crippen molar-refractivity contribution >= 4 is 22.5 Å². The van der Waals surface area contributed by atoms with Crippen molar-refractivity contribution in [3.05, 3.63) is 94.5 Å². The second-order valence-electron chi connectivity index (χ2n) is 7.72. The number of benzene rings is 3. The fourth-order valence-corrected chi connectivity index (χ4v) is 3.66. The standard InChI is InChI=1S/C26H24N2O/c1-16-8-10-20(11-9-16)24-15-23(22-14-18(3)12-19(4)25(22)28-24)26(29)27-21-7-5-6-17(2)13-21/h5-15H,1-4H3,(H,27,29).